The Kier molecular flexibility index (Phi) is 21.3. The number of nitrogens with one attached hydrogen (secondary N) is 1. The first-order valence-corrected chi connectivity index (χ1v) is 9.25. The Labute approximate surface area is 216 Å². The van der Waals surface area contributed by atoms with E-state index in [2.05, 4.69) is 5.32 Å². The van der Waals surface area contributed by atoms with Crippen LogP contribution in [0.4, 0.5) is 0 Å². The van der Waals surface area contributed by atoms with Gasteiger partial charge in [0.25, 0.3) is 0 Å². The van der Waals surface area contributed by atoms with E-state index in [1.165, 1.54) is 11.8 Å². The van der Waals surface area contributed by atoms with E-state index >= 15 is 0 Å². The van der Waals surface area contributed by atoms with Crippen molar-refractivity contribution in [3.63, 3.8) is 0 Å². The van der Waals surface area contributed by atoms with Crippen molar-refractivity contribution in [2.75, 3.05) is 79.0 Å². The fourth-order valence-corrected chi connectivity index (χ4v) is 2.75. The minimum atomic E-state index is -2.23. The minimum Gasteiger partial charge on any atom is -0.548 e. The van der Waals surface area contributed by atoms with E-state index in [1.807, 2.05) is 0 Å². The Morgan fingerprint density at radius 1 is 0.793 bits per heavy atom. The molecule has 0 aromatic rings. The topological polar surface area (TPSA) is 132 Å². The normalized spacial score (nSPS) is 19.6. The molecule has 1 saturated heterocycles. The molecule has 0 atom stereocenters. The van der Waals surface area contributed by atoms with Crippen LogP contribution >= 0.6 is 0 Å². The maximum absolute atomic E-state index is 11.6. The van der Waals surface area contributed by atoms with E-state index < -0.39 is 17.5 Å². The first kappa shape index (κ1) is 31.9. The second-order valence-electron chi connectivity index (χ2n) is 5.98. The van der Waals surface area contributed by atoms with Crippen molar-refractivity contribution in [3.05, 3.63) is 0 Å². The van der Waals surface area contributed by atoms with Crippen LogP contribution in [0, 0.1) is 0 Å². The molecule has 29 heavy (non-hydrogen) atoms. The number of rotatable bonds is 4. The van der Waals surface area contributed by atoms with Crippen LogP contribution in [0.15, 0.2) is 0 Å². The van der Waals surface area contributed by atoms with Crippen LogP contribution in [0.1, 0.15) is 13.3 Å². The van der Waals surface area contributed by atoms with Gasteiger partial charge in [-0.1, -0.05) is 6.92 Å². The summed E-state index contributed by atoms with van der Waals surface area (Å²) >= 11 is 0. The zero-order valence-corrected chi connectivity index (χ0v) is 21.9. The summed E-state index contributed by atoms with van der Waals surface area (Å²) < 4.78 is 21.7. The molecule has 1 N–H and O–H groups in total. The SMILES string of the molecule is CCC(C(=O)[O-])(C(=O)[O-])N1CCOCCOCCNCCOCCOCC1.[Na+].[Na+]. The van der Waals surface area contributed by atoms with E-state index in [-0.39, 0.29) is 91.8 Å². The van der Waals surface area contributed by atoms with Gasteiger partial charge < -0.3 is 44.1 Å². The van der Waals surface area contributed by atoms with Crippen LogP contribution in [-0.2, 0) is 28.5 Å². The molecule has 0 aromatic carbocycles. The number of carboxylic acids is 2. The zero-order chi connectivity index (χ0) is 20.0. The molecular weight excluding hydrogens is 406 g/mol. The van der Waals surface area contributed by atoms with Gasteiger partial charge >= 0.3 is 59.1 Å². The first-order valence-electron chi connectivity index (χ1n) is 9.25. The summed E-state index contributed by atoms with van der Waals surface area (Å²) in [6.07, 6.45) is -0.198. The molecule has 0 radical (unpaired) electrons. The summed E-state index contributed by atoms with van der Waals surface area (Å²) in [5.41, 5.74) is -2.23. The Balaban J connectivity index is 0. The van der Waals surface area contributed by atoms with Crippen LogP contribution < -0.4 is 74.6 Å². The molecule has 10 nitrogen and oxygen atoms in total. The molecule has 1 rings (SSSR count). The molecule has 158 valence electrons. The monoisotopic (exact) mass is 436 g/mol. The number of hydrogen-bond acceptors (Lipinski definition) is 10. The smallest absolute Gasteiger partial charge is 0.548 e. The van der Waals surface area contributed by atoms with Crippen LogP contribution in [0.2, 0.25) is 0 Å². The number of ether oxygens (including phenoxy) is 4. The van der Waals surface area contributed by atoms with Crippen molar-refractivity contribution in [2.45, 2.75) is 18.9 Å². The summed E-state index contributed by atoms with van der Waals surface area (Å²) in [5.74, 6) is -3.40. The van der Waals surface area contributed by atoms with Crippen molar-refractivity contribution in [1.29, 1.82) is 0 Å². The molecule has 0 bridgehead atoms. The van der Waals surface area contributed by atoms with Crippen molar-refractivity contribution >= 4 is 11.9 Å². The summed E-state index contributed by atoms with van der Waals surface area (Å²) in [6.45, 7) is 5.81. The van der Waals surface area contributed by atoms with E-state index in [9.17, 15) is 19.8 Å². The molecule has 1 heterocycles. The third-order valence-electron chi connectivity index (χ3n) is 4.33. The molecule has 1 aliphatic heterocycles. The van der Waals surface area contributed by atoms with Gasteiger partial charge in [-0.25, -0.2) is 0 Å². The van der Waals surface area contributed by atoms with Gasteiger partial charge in [-0.05, 0) is 6.42 Å². The molecule has 0 aliphatic carbocycles. The van der Waals surface area contributed by atoms with Crippen molar-refractivity contribution in [3.8, 4) is 0 Å². The molecule has 0 unspecified atom stereocenters. The third-order valence-corrected chi connectivity index (χ3v) is 4.33. The van der Waals surface area contributed by atoms with Crippen LogP contribution in [0.3, 0.4) is 0 Å². The molecule has 12 heteroatoms. The van der Waals surface area contributed by atoms with Crippen molar-refractivity contribution < 1.29 is 97.9 Å². The largest absolute Gasteiger partial charge is 1.00 e. The Hall–Kier alpha value is 0.700. The first-order chi connectivity index (χ1) is 13.1. The van der Waals surface area contributed by atoms with Crippen molar-refractivity contribution in [2.24, 2.45) is 0 Å². The van der Waals surface area contributed by atoms with Gasteiger partial charge in [0, 0.05) is 26.2 Å². The number of nitrogens with zero attached hydrogens (tertiary/aromatic N) is 1. The van der Waals surface area contributed by atoms with Crippen LogP contribution in [-0.4, -0.2) is 101 Å². The molecule has 1 fully saturated rings. The second-order valence-corrected chi connectivity index (χ2v) is 5.98. The van der Waals surface area contributed by atoms with E-state index in [4.69, 9.17) is 18.9 Å². The zero-order valence-electron chi connectivity index (χ0n) is 17.9. The quantitative estimate of drug-likeness (QED) is 0.335. The van der Waals surface area contributed by atoms with E-state index in [0.29, 0.717) is 52.7 Å². The number of carbonyl (C=O) groups is 2. The molecular formula is C17H30N2Na2O8. The van der Waals surface area contributed by atoms with Crippen molar-refractivity contribution in [1.82, 2.24) is 10.2 Å². The van der Waals surface area contributed by atoms with Gasteiger partial charge in [0.05, 0.1) is 64.8 Å². The predicted molar refractivity (Wildman–Crippen MR) is 90.8 cm³/mol. The van der Waals surface area contributed by atoms with Gasteiger partial charge in [-0.15, -0.1) is 0 Å². The van der Waals surface area contributed by atoms with Gasteiger partial charge in [0.2, 0.25) is 0 Å². The van der Waals surface area contributed by atoms with Crippen LogP contribution in [0.25, 0.3) is 0 Å². The molecule has 0 saturated carbocycles. The predicted octanol–water partition coefficient (Wildman–Crippen LogP) is -9.39. The molecule has 0 amide bonds. The summed E-state index contributed by atoms with van der Waals surface area (Å²) in [7, 11) is 0. The second kappa shape index (κ2) is 19.4. The van der Waals surface area contributed by atoms with E-state index in [0.717, 1.165) is 0 Å². The maximum atomic E-state index is 11.6. The van der Waals surface area contributed by atoms with Gasteiger partial charge in [-0.2, -0.15) is 0 Å². The third kappa shape index (κ3) is 11.8. The minimum absolute atomic E-state index is 0. The average Bonchev–Trinajstić information content (AvgIpc) is 2.63. The number of carboxylic acid groups (broad SMARTS) is 2. The average molecular weight is 436 g/mol. The number of aliphatic carboxylic acids is 2. The van der Waals surface area contributed by atoms with Gasteiger partial charge in [0.1, 0.15) is 5.54 Å². The molecule has 0 aromatic heterocycles. The fourth-order valence-electron chi connectivity index (χ4n) is 2.75. The Morgan fingerprint density at radius 3 is 1.52 bits per heavy atom. The Bertz CT molecular complexity index is 414. The van der Waals surface area contributed by atoms with Gasteiger partial charge in [-0.3, -0.25) is 4.90 Å². The molecule has 1 aliphatic rings. The standard InChI is InChI=1S/C17H32N2O8.2Na/c1-2-17(15(20)21,16(22)23)19-5-9-26-13-11-24-7-3-18-4-8-25-12-14-27-10-6-19;;/h18H,2-14H2,1H3,(H,20,21)(H,22,23);;/q;2*+1/p-2. The number of carbonyl (C=O) groups excluding carboxylic acids is 2. The number of hydrogen-bond donors (Lipinski definition) is 1. The maximum Gasteiger partial charge on any atom is 1.00 e. The molecule has 0 spiro atoms. The summed E-state index contributed by atoms with van der Waals surface area (Å²) in [6, 6.07) is 0. The van der Waals surface area contributed by atoms with Crippen LogP contribution in [0.5, 0.6) is 0 Å². The summed E-state index contributed by atoms with van der Waals surface area (Å²) in [5, 5.41) is 26.4. The fraction of sp³-hybridized carbons (Fsp3) is 0.882. The summed E-state index contributed by atoms with van der Waals surface area (Å²) in [4.78, 5) is 24.5. The van der Waals surface area contributed by atoms with Gasteiger partial charge in [0.15, 0.2) is 0 Å². The van der Waals surface area contributed by atoms with E-state index in [1.54, 1.807) is 0 Å². The Morgan fingerprint density at radius 2 is 1.17 bits per heavy atom.